The molecule has 1 aromatic heterocycles. The Bertz CT molecular complexity index is 553. The van der Waals surface area contributed by atoms with Crippen LogP contribution in [0.1, 0.15) is 57.6 Å². The summed E-state index contributed by atoms with van der Waals surface area (Å²) in [4.78, 5) is 0. The van der Waals surface area contributed by atoms with E-state index in [1.54, 1.807) is 11.3 Å². The molecule has 108 valence electrons. The third-order valence-corrected chi connectivity index (χ3v) is 4.23. The van der Waals surface area contributed by atoms with Crippen molar-refractivity contribution >= 4 is 11.3 Å². The van der Waals surface area contributed by atoms with Gasteiger partial charge in [-0.1, -0.05) is 33.8 Å². The van der Waals surface area contributed by atoms with Gasteiger partial charge in [0.15, 0.2) is 0 Å². The molecule has 20 heavy (non-hydrogen) atoms. The van der Waals surface area contributed by atoms with Crippen molar-refractivity contribution in [1.29, 1.82) is 0 Å². The lowest BCUT2D eigenvalue weighted by atomic mass is 9.90. The molecule has 0 radical (unpaired) electrons. The van der Waals surface area contributed by atoms with E-state index in [0.717, 1.165) is 5.75 Å². The van der Waals surface area contributed by atoms with Crippen LogP contribution in [0.2, 0.25) is 0 Å². The summed E-state index contributed by atoms with van der Waals surface area (Å²) in [7, 11) is 0. The summed E-state index contributed by atoms with van der Waals surface area (Å²) in [6.45, 7) is 11.7. The van der Waals surface area contributed by atoms with Gasteiger partial charge in [0, 0.05) is 5.56 Å². The predicted molar refractivity (Wildman–Crippen MR) is 89.1 cm³/mol. The molecule has 0 aliphatic rings. The summed E-state index contributed by atoms with van der Waals surface area (Å²) in [5, 5.41) is 4.33. The number of hydrogen-bond donors (Lipinski definition) is 0. The Morgan fingerprint density at radius 1 is 1.10 bits per heavy atom. The Labute approximate surface area is 126 Å². The molecular formula is C18H24OS. The quantitative estimate of drug-likeness (QED) is 0.649. The molecule has 2 heteroatoms. The molecule has 2 aromatic rings. The van der Waals surface area contributed by atoms with Crippen LogP contribution >= 0.6 is 11.3 Å². The minimum absolute atomic E-state index is 0.465. The molecule has 0 amide bonds. The van der Waals surface area contributed by atoms with E-state index in [4.69, 9.17) is 4.74 Å². The van der Waals surface area contributed by atoms with Gasteiger partial charge in [-0.3, -0.25) is 0 Å². The number of ether oxygens (including phenoxy) is 1. The van der Waals surface area contributed by atoms with Crippen LogP contribution in [0.5, 0.6) is 5.75 Å². The lowest BCUT2D eigenvalue weighted by Crippen LogP contribution is -2.03. The van der Waals surface area contributed by atoms with Gasteiger partial charge in [-0.05, 0) is 58.3 Å². The van der Waals surface area contributed by atoms with Gasteiger partial charge in [-0.2, -0.15) is 11.3 Å². The summed E-state index contributed by atoms with van der Waals surface area (Å²) < 4.78 is 5.99. The van der Waals surface area contributed by atoms with Crippen LogP contribution in [0.4, 0.5) is 0 Å². The van der Waals surface area contributed by atoms with Gasteiger partial charge in [0.05, 0.1) is 6.61 Å². The van der Waals surface area contributed by atoms with Crippen LogP contribution in [-0.2, 0) is 0 Å². The molecular weight excluding hydrogens is 264 g/mol. The monoisotopic (exact) mass is 288 g/mol. The molecule has 0 aliphatic carbocycles. The van der Waals surface area contributed by atoms with Gasteiger partial charge < -0.3 is 4.74 Å². The third-order valence-electron chi connectivity index (χ3n) is 3.55. The standard InChI is InChI=1S/C18H24OS/c1-6-19-18-16(13(4)5)9-15(12(2)3)10-17(18)14-7-8-20-11-14/h7-13H,6H2,1-5H3. The molecule has 0 atom stereocenters. The van der Waals surface area contributed by atoms with Crippen LogP contribution in [-0.4, -0.2) is 6.61 Å². The van der Waals surface area contributed by atoms with Gasteiger partial charge in [-0.25, -0.2) is 0 Å². The van der Waals surface area contributed by atoms with Crippen LogP contribution in [0, 0.1) is 0 Å². The Hall–Kier alpha value is -1.28. The van der Waals surface area contributed by atoms with Crippen LogP contribution in [0.15, 0.2) is 29.0 Å². The highest BCUT2D eigenvalue weighted by Gasteiger charge is 2.17. The maximum Gasteiger partial charge on any atom is 0.130 e. The average Bonchev–Trinajstić information content (AvgIpc) is 2.92. The lowest BCUT2D eigenvalue weighted by molar-refractivity contribution is 0.336. The lowest BCUT2D eigenvalue weighted by Gasteiger charge is -2.20. The first-order valence-electron chi connectivity index (χ1n) is 7.37. The molecule has 0 saturated heterocycles. The topological polar surface area (TPSA) is 9.23 Å². The molecule has 1 nitrogen and oxygen atoms in total. The van der Waals surface area contributed by atoms with E-state index in [0.29, 0.717) is 18.4 Å². The molecule has 2 rings (SSSR count). The van der Waals surface area contributed by atoms with Crippen LogP contribution < -0.4 is 4.74 Å². The van der Waals surface area contributed by atoms with Gasteiger partial charge in [0.1, 0.15) is 5.75 Å². The largest absolute Gasteiger partial charge is 0.493 e. The fraction of sp³-hybridized carbons (Fsp3) is 0.444. The van der Waals surface area contributed by atoms with E-state index in [9.17, 15) is 0 Å². The highest BCUT2D eigenvalue weighted by molar-refractivity contribution is 7.08. The molecule has 0 saturated carbocycles. The van der Waals surface area contributed by atoms with Crippen molar-refractivity contribution in [1.82, 2.24) is 0 Å². The molecule has 0 spiro atoms. The average molecular weight is 288 g/mol. The Balaban J connectivity index is 2.67. The normalized spacial score (nSPS) is 11.3. The second kappa shape index (κ2) is 6.45. The number of thiophene rings is 1. The third kappa shape index (κ3) is 3.06. The minimum Gasteiger partial charge on any atom is -0.493 e. The van der Waals surface area contributed by atoms with Crippen molar-refractivity contribution < 1.29 is 4.74 Å². The van der Waals surface area contributed by atoms with Crippen LogP contribution in [0.3, 0.4) is 0 Å². The summed E-state index contributed by atoms with van der Waals surface area (Å²) in [6, 6.07) is 6.79. The van der Waals surface area contributed by atoms with Crippen molar-refractivity contribution in [3.8, 4) is 16.9 Å². The molecule has 0 aliphatic heterocycles. The van der Waals surface area contributed by atoms with Crippen molar-refractivity contribution in [3.05, 3.63) is 40.1 Å². The Kier molecular flexibility index (Phi) is 4.87. The zero-order valence-corrected chi connectivity index (χ0v) is 13.9. The molecule has 0 N–H and O–H groups in total. The Morgan fingerprint density at radius 3 is 2.35 bits per heavy atom. The summed E-state index contributed by atoms with van der Waals surface area (Å²) >= 11 is 1.73. The predicted octanol–water partition coefficient (Wildman–Crippen LogP) is 6.06. The minimum atomic E-state index is 0.465. The molecule has 1 heterocycles. The second-order valence-electron chi connectivity index (χ2n) is 5.74. The smallest absolute Gasteiger partial charge is 0.130 e. The van der Waals surface area contributed by atoms with Crippen molar-refractivity contribution in [2.75, 3.05) is 6.61 Å². The van der Waals surface area contributed by atoms with Crippen molar-refractivity contribution in [2.45, 2.75) is 46.5 Å². The van der Waals surface area contributed by atoms with Crippen molar-refractivity contribution in [3.63, 3.8) is 0 Å². The number of rotatable bonds is 5. The molecule has 0 fully saturated rings. The van der Waals surface area contributed by atoms with Crippen LogP contribution in [0.25, 0.3) is 11.1 Å². The first-order chi connectivity index (χ1) is 9.54. The van der Waals surface area contributed by atoms with Gasteiger partial charge >= 0.3 is 0 Å². The van der Waals surface area contributed by atoms with Gasteiger partial charge in [0.25, 0.3) is 0 Å². The second-order valence-corrected chi connectivity index (χ2v) is 6.52. The fourth-order valence-electron chi connectivity index (χ4n) is 2.37. The van der Waals surface area contributed by atoms with E-state index in [1.165, 1.54) is 22.3 Å². The molecule has 1 aromatic carbocycles. The van der Waals surface area contributed by atoms with Gasteiger partial charge in [0.2, 0.25) is 0 Å². The Morgan fingerprint density at radius 2 is 1.85 bits per heavy atom. The maximum absolute atomic E-state index is 5.99. The van der Waals surface area contributed by atoms with E-state index < -0.39 is 0 Å². The SMILES string of the molecule is CCOc1c(-c2ccsc2)cc(C(C)C)cc1C(C)C. The van der Waals surface area contributed by atoms with E-state index in [1.807, 2.05) is 0 Å². The van der Waals surface area contributed by atoms with E-state index >= 15 is 0 Å². The molecule has 0 unspecified atom stereocenters. The number of benzene rings is 1. The fourth-order valence-corrected chi connectivity index (χ4v) is 3.03. The molecule has 0 bridgehead atoms. The zero-order chi connectivity index (χ0) is 14.7. The van der Waals surface area contributed by atoms with Crippen molar-refractivity contribution in [2.24, 2.45) is 0 Å². The van der Waals surface area contributed by atoms with E-state index in [2.05, 4.69) is 63.6 Å². The summed E-state index contributed by atoms with van der Waals surface area (Å²) in [6.07, 6.45) is 0. The van der Waals surface area contributed by atoms with Gasteiger partial charge in [-0.15, -0.1) is 0 Å². The zero-order valence-electron chi connectivity index (χ0n) is 13.1. The highest BCUT2D eigenvalue weighted by Crippen LogP contribution is 2.40. The maximum atomic E-state index is 5.99. The first kappa shape index (κ1) is 15.1. The first-order valence-corrected chi connectivity index (χ1v) is 8.32. The highest BCUT2D eigenvalue weighted by atomic mass is 32.1. The summed E-state index contributed by atoms with van der Waals surface area (Å²) in [5.41, 5.74) is 5.21. The number of hydrogen-bond acceptors (Lipinski definition) is 2. The van der Waals surface area contributed by atoms with E-state index in [-0.39, 0.29) is 0 Å². The summed E-state index contributed by atoms with van der Waals surface area (Å²) in [5.74, 6) is 2.05.